The van der Waals surface area contributed by atoms with Gasteiger partial charge in [-0.25, -0.2) is 4.79 Å². The van der Waals surface area contributed by atoms with Crippen LogP contribution in [-0.4, -0.2) is 18.4 Å². The molecule has 0 unspecified atom stereocenters. The molecule has 0 radical (unpaired) electrons. The molecule has 0 saturated carbocycles. The lowest BCUT2D eigenvalue weighted by Gasteiger charge is -2.07. The van der Waals surface area contributed by atoms with Gasteiger partial charge in [0.1, 0.15) is 6.61 Å². The van der Waals surface area contributed by atoms with Crippen molar-refractivity contribution in [2.75, 3.05) is 6.61 Å². The van der Waals surface area contributed by atoms with Gasteiger partial charge in [-0.15, -0.1) is 6.58 Å². The number of benzene rings is 1. The van der Waals surface area contributed by atoms with E-state index in [1.807, 2.05) is 0 Å². The van der Waals surface area contributed by atoms with Crippen LogP contribution in [0.5, 0.6) is 0 Å². The van der Waals surface area contributed by atoms with Crippen LogP contribution in [0.4, 0.5) is 0 Å². The largest absolute Gasteiger partial charge is 0.458 e. The number of rotatable bonds is 7. The molecule has 94 valence electrons. The number of esters is 1. The van der Waals surface area contributed by atoms with Gasteiger partial charge in [0.15, 0.2) is 5.78 Å². The van der Waals surface area contributed by atoms with Crippen molar-refractivity contribution in [3.8, 4) is 0 Å². The van der Waals surface area contributed by atoms with Crippen molar-refractivity contribution in [3.63, 3.8) is 0 Å². The van der Waals surface area contributed by atoms with E-state index in [9.17, 15) is 9.59 Å². The second-order valence-electron chi connectivity index (χ2n) is 3.68. The molecule has 0 aliphatic carbocycles. The minimum atomic E-state index is -0.502. The van der Waals surface area contributed by atoms with Crippen LogP contribution < -0.4 is 0 Å². The van der Waals surface area contributed by atoms with E-state index in [2.05, 4.69) is 13.2 Å². The lowest BCUT2D eigenvalue weighted by atomic mass is 10.0. The first kappa shape index (κ1) is 13.9. The predicted octanol–water partition coefficient (Wildman–Crippen LogP) is 3.18. The van der Waals surface area contributed by atoms with Crippen molar-refractivity contribution >= 4 is 11.8 Å². The Morgan fingerprint density at radius 2 is 1.78 bits per heavy atom. The van der Waals surface area contributed by atoms with Crippen molar-refractivity contribution in [3.05, 3.63) is 60.7 Å². The summed E-state index contributed by atoms with van der Waals surface area (Å²) in [6.07, 6.45) is 4.10. The molecule has 0 aliphatic heterocycles. The Morgan fingerprint density at radius 1 is 1.11 bits per heavy atom. The van der Waals surface area contributed by atoms with Gasteiger partial charge in [-0.05, 0) is 12.5 Å². The Morgan fingerprint density at radius 3 is 2.39 bits per heavy atom. The topological polar surface area (TPSA) is 43.4 Å². The number of hydrogen-bond donors (Lipinski definition) is 0. The van der Waals surface area contributed by atoms with Crippen LogP contribution >= 0.6 is 0 Å². The maximum absolute atomic E-state index is 11.9. The third-order valence-corrected chi connectivity index (χ3v) is 2.36. The number of ketones is 1. The first-order valence-corrected chi connectivity index (χ1v) is 5.71. The molecule has 0 fully saturated rings. The molecular weight excluding hydrogens is 228 g/mol. The van der Waals surface area contributed by atoms with Gasteiger partial charge in [-0.2, -0.15) is 0 Å². The van der Waals surface area contributed by atoms with Gasteiger partial charge in [0.05, 0.1) is 5.56 Å². The summed E-state index contributed by atoms with van der Waals surface area (Å²) in [6, 6.07) is 6.66. The SMILES string of the molecule is C=CCCC(=O)c1ccccc1C(=O)OCC=C. The van der Waals surface area contributed by atoms with E-state index < -0.39 is 5.97 Å². The molecule has 1 aromatic carbocycles. The second-order valence-corrected chi connectivity index (χ2v) is 3.68. The molecule has 1 aromatic rings. The second kappa shape index (κ2) is 7.22. The van der Waals surface area contributed by atoms with E-state index in [0.717, 1.165) is 0 Å². The zero-order valence-electron chi connectivity index (χ0n) is 10.2. The molecule has 18 heavy (non-hydrogen) atoms. The molecule has 3 heteroatoms. The summed E-state index contributed by atoms with van der Waals surface area (Å²) in [5.74, 6) is -0.585. The predicted molar refractivity (Wildman–Crippen MR) is 70.7 cm³/mol. The maximum Gasteiger partial charge on any atom is 0.339 e. The first-order chi connectivity index (χ1) is 8.70. The highest BCUT2D eigenvalue weighted by Gasteiger charge is 2.16. The fraction of sp³-hybridized carbons (Fsp3) is 0.200. The minimum absolute atomic E-state index is 0.0824. The highest BCUT2D eigenvalue weighted by Crippen LogP contribution is 2.13. The van der Waals surface area contributed by atoms with Crippen LogP contribution in [0.3, 0.4) is 0 Å². The van der Waals surface area contributed by atoms with Crippen molar-refractivity contribution in [1.82, 2.24) is 0 Å². The summed E-state index contributed by atoms with van der Waals surface area (Å²) in [6.45, 7) is 7.17. The van der Waals surface area contributed by atoms with Crippen LogP contribution in [0, 0.1) is 0 Å². The first-order valence-electron chi connectivity index (χ1n) is 5.71. The highest BCUT2D eigenvalue weighted by atomic mass is 16.5. The fourth-order valence-corrected chi connectivity index (χ4v) is 1.48. The Bertz CT molecular complexity index is 418. The zero-order valence-corrected chi connectivity index (χ0v) is 10.2. The fourth-order valence-electron chi connectivity index (χ4n) is 1.48. The maximum atomic E-state index is 11.9. The average Bonchev–Trinajstić information content (AvgIpc) is 2.42. The van der Waals surface area contributed by atoms with Gasteiger partial charge in [0.2, 0.25) is 0 Å². The lowest BCUT2D eigenvalue weighted by molar-refractivity contribution is 0.0546. The number of ether oxygens (including phenoxy) is 1. The molecule has 1 rings (SSSR count). The number of hydrogen-bond acceptors (Lipinski definition) is 3. The molecule has 0 atom stereocenters. The summed E-state index contributed by atoms with van der Waals surface area (Å²) in [4.78, 5) is 23.7. The van der Waals surface area contributed by atoms with Crippen molar-refractivity contribution < 1.29 is 14.3 Å². The van der Waals surface area contributed by atoms with Gasteiger partial charge in [0, 0.05) is 12.0 Å². The number of allylic oxidation sites excluding steroid dienone is 1. The van der Waals surface area contributed by atoms with Crippen molar-refractivity contribution in [2.45, 2.75) is 12.8 Å². The monoisotopic (exact) mass is 244 g/mol. The quantitative estimate of drug-likeness (QED) is 0.420. The van der Waals surface area contributed by atoms with E-state index in [0.29, 0.717) is 24.0 Å². The zero-order chi connectivity index (χ0) is 13.4. The van der Waals surface area contributed by atoms with Gasteiger partial charge >= 0.3 is 5.97 Å². The number of carbonyl (C=O) groups is 2. The summed E-state index contributed by atoms with van der Waals surface area (Å²) >= 11 is 0. The van der Waals surface area contributed by atoms with Crippen LogP contribution in [0.1, 0.15) is 33.6 Å². The van der Waals surface area contributed by atoms with E-state index in [4.69, 9.17) is 4.74 Å². The Hall–Kier alpha value is -2.16. The van der Waals surface area contributed by atoms with E-state index in [-0.39, 0.29) is 12.4 Å². The molecule has 0 amide bonds. The Balaban J connectivity index is 2.91. The number of Topliss-reactive ketones (excluding diaryl/α,β-unsaturated/α-hetero) is 1. The van der Waals surface area contributed by atoms with Crippen molar-refractivity contribution in [2.24, 2.45) is 0 Å². The molecule has 0 bridgehead atoms. The van der Waals surface area contributed by atoms with E-state index in [1.165, 1.54) is 6.08 Å². The van der Waals surface area contributed by atoms with Gasteiger partial charge in [-0.3, -0.25) is 4.79 Å². The van der Waals surface area contributed by atoms with Crippen LogP contribution in [0.25, 0.3) is 0 Å². The molecule has 0 aromatic heterocycles. The molecule has 0 heterocycles. The van der Waals surface area contributed by atoms with Gasteiger partial charge < -0.3 is 4.74 Å². The standard InChI is InChI=1S/C15H16O3/c1-3-5-10-14(16)12-8-6-7-9-13(12)15(17)18-11-4-2/h3-4,6-9H,1-2,5,10-11H2. The van der Waals surface area contributed by atoms with Gasteiger partial charge in [-0.1, -0.05) is 36.9 Å². The van der Waals surface area contributed by atoms with Crippen LogP contribution in [0.15, 0.2) is 49.6 Å². The summed E-state index contributed by atoms with van der Waals surface area (Å²) in [5, 5.41) is 0. The number of carbonyl (C=O) groups excluding carboxylic acids is 2. The summed E-state index contributed by atoms with van der Waals surface area (Å²) < 4.78 is 4.94. The summed E-state index contributed by atoms with van der Waals surface area (Å²) in [7, 11) is 0. The molecule has 3 nitrogen and oxygen atoms in total. The summed E-state index contributed by atoms with van der Waals surface area (Å²) in [5.41, 5.74) is 0.696. The van der Waals surface area contributed by atoms with E-state index >= 15 is 0 Å². The molecule has 0 aliphatic rings. The Kier molecular flexibility index (Phi) is 5.58. The smallest absolute Gasteiger partial charge is 0.339 e. The molecule has 0 spiro atoms. The third-order valence-electron chi connectivity index (χ3n) is 2.36. The van der Waals surface area contributed by atoms with Crippen LogP contribution in [-0.2, 0) is 4.74 Å². The normalized spacial score (nSPS) is 9.56. The van der Waals surface area contributed by atoms with Crippen molar-refractivity contribution in [1.29, 1.82) is 0 Å². The Labute approximate surface area is 107 Å². The average molecular weight is 244 g/mol. The van der Waals surface area contributed by atoms with Crippen LogP contribution in [0.2, 0.25) is 0 Å². The lowest BCUT2D eigenvalue weighted by Crippen LogP contribution is -2.11. The third kappa shape index (κ3) is 3.70. The molecular formula is C15H16O3. The highest BCUT2D eigenvalue weighted by molar-refractivity contribution is 6.06. The molecule has 0 N–H and O–H groups in total. The van der Waals surface area contributed by atoms with E-state index in [1.54, 1.807) is 30.3 Å². The minimum Gasteiger partial charge on any atom is -0.458 e. The molecule has 0 saturated heterocycles. The van der Waals surface area contributed by atoms with Gasteiger partial charge in [0.25, 0.3) is 0 Å².